The molecule has 3 heterocycles. The molecule has 0 saturated carbocycles. The Hall–Kier alpha value is -5.48. The molecule has 3 nitrogen and oxygen atoms in total. The molecule has 336 valence electrons. The van der Waals surface area contributed by atoms with Crippen molar-refractivity contribution >= 4 is 68.4 Å². The van der Waals surface area contributed by atoms with E-state index in [-0.39, 0.29) is 33.8 Å². The number of aryl methyl sites for hydroxylation is 4. The normalized spacial score (nSPS) is 18.4. The largest absolute Gasteiger partial charge is 0.468 e. The summed E-state index contributed by atoms with van der Waals surface area (Å²) in [5.74, 6) is 0. The molecule has 4 aliphatic rings. The van der Waals surface area contributed by atoms with Crippen molar-refractivity contribution in [2.45, 2.75) is 157 Å². The van der Waals surface area contributed by atoms with Crippen molar-refractivity contribution in [1.29, 1.82) is 0 Å². The van der Waals surface area contributed by atoms with Gasteiger partial charge in [-0.1, -0.05) is 125 Å². The molecule has 0 fully saturated rings. The average Bonchev–Trinajstić information content (AvgIpc) is 3.62. The van der Waals surface area contributed by atoms with Crippen LogP contribution in [0.5, 0.6) is 0 Å². The lowest BCUT2D eigenvalue weighted by atomic mass is 9.35. The first-order valence-corrected chi connectivity index (χ1v) is 24.8. The van der Waals surface area contributed by atoms with Gasteiger partial charge in [0.1, 0.15) is 5.58 Å². The molecular weight excluding hydrogens is 800 g/mol. The van der Waals surface area contributed by atoms with Crippen LogP contribution in [0.1, 0.15) is 152 Å². The van der Waals surface area contributed by atoms with Crippen LogP contribution in [0.2, 0.25) is 0 Å². The first-order chi connectivity index (χ1) is 31.0. The zero-order chi connectivity index (χ0) is 46.8. The van der Waals surface area contributed by atoms with Gasteiger partial charge in [-0.25, -0.2) is 0 Å². The highest BCUT2D eigenvalue weighted by Gasteiger charge is 2.49. The number of nitrogens with zero attached hydrogens (tertiary/aromatic N) is 2. The van der Waals surface area contributed by atoms with E-state index in [2.05, 4.69) is 211 Å². The fourth-order valence-electron chi connectivity index (χ4n) is 12.7. The second-order valence-corrected chi connectivity index (χ2v) is 24.6. The summed E-state index contributed by atoms with van der Waals surface area (Å²) >= 11 is 0. The number of fused-ring (bicyclic) bond motifs is 8. The Bertz CT molecular complexity index is 3180. The highest BCUT2D eigenvalue weighted by Crippen LogP contribution is 2.54. The van der Waals surface area contributed by atoms with Gasteiger partial charge in [-0.2, -0.15) is 0 Å². The molecule has 0 bridgehead atoms. The summed E-state index contributed by atoms with van der Waals surface area (Å²) in [6.07, 6.45) is 4.67. The monoisotopic (exact) mass is 869 g/mol. The minimum absolute atomic E-state index is 0.0498. The molecule has 2 aliphatic heterocycles. The van der Waals surface area contributed by atoms with Crippen molar-refractivity contribution < 1.29 is 4.42 Å². The van der Waals surface area contributed by atoms with Crippen LogP contribution in [0.4, 0.5) is 34.1 Å². The Morgan fingerprint density at radius 1 is 0.530 bits per heavy atom. The molecule has 1 aromatic heterocycles. The van der Waals surface area contributed by atoms with E-state index < -0.39 is 0 Å². The molecule has 4 heteroatoms. The maximum atomic E-state index is 7.63. The maximum absolute atomic E-state index is 7.63. The lowest BCUT2D eigenvalue weighted by Gasteiger charge is -2.45. The summed E-state index contributed by atoms with van der Waals surface area (Å²) in [7, 11) is 0. The van der Waals surface area contributed by atoms with E-state index in [4.69, 9.17) is 4.42 Å². The molecule has 0 unspecified atom stereocenters. The predicted octanol–water partition coefficient (Wildman–Crippen LogP) is 15.4. The molecule has 0 radical (unpaired) electrons. The van der Waals surface area contributed by atoms with Gasteiger partial charge >= 0.3 is 0 Å². The summed E-state index contributed by atoms with van der Waals surface area (Å²) < 4.78 is 7.63. The van der Waals surface area contributed by atoms with Gasteiger partial charge in [0.2, 0.25) is 0 Å². The maximum Gasteiger partial charge on any atom is 0.297 e. The smallest absolute Gasteiger partial charge is 0.297 e. The topological polar surface area (TPSA) is 19.6 Å². The third-order valence-electron chi connectivity index (χ3n) is 17.0. The molecular formula is C62H69BN2O. The zero-order valence-corrected chi connectivity index (χ0v) is 42.4. The molecule has 0 atom stereocenters. The Kier molecular flexibility index (Phi) is 9.17. The second kappa shape index (κ2) is 14.0. The average molecular weight is 869 g/mol. The minimum Gasteiger partial charge on any atom is -0.468 e. The molecule has 11 rings (SSSR count). The van der Waals surface area contributed by atoms with Crippen LogP contribution in [0.25, 0.3) is 22.1 Å². The van der Waals surface area contributed by atoms with Crippen molar-refractivity contribution in [3.63, 3.8) is 0 Å². The molecule has 0 saturated heterocycles. The van der Waals surface area contributed by atoms with Crippen molar-refractivity contribution in [3.8, 4) is 11.1 Å². The Morgan fingerprint density at radius 3 is 1.76 bits per heavy atom. The lowest BCUT2D eigenvalue weighted by Crippen LogP contribution is -2.61. The summed E-state index contributed by atoms with van der Waals surface area (Å²) in [6, 6.07) is 38.5. The van der Waals surface area contributed by atoms with E-state index in [1.807, 2.05) is 0 Å². The van der Waals surface area contributed by atoms with Gasteiger partial charge in [-0.15, -0.1) is 0 Å². The molecule has 0 N–H and O–H groups in total. The van der Waals surface area contributed by atoms with Crippen molar-refractivity contribution in [2.24, 2.45) is 0 Å². The highest BCUT2D eigenvalue weighted by atomic mass is 16.3. The van der Waals surface area contributed by atoms with Gasteiger partial charge in [0.15, 0.2) is 0 Å². The fourth-order valence-corrected chi connectivity index (χ4v) is 12.7. The summed E-state index contributed by atoms with van der Waals surface area (Å²) in [5.41, 5.74) is 27.0. The van der Waals surface area contributed by atoms with E-state index in [0.29, 0.717) is 0 Å². The number of anilines is 6. The highest BCUT2D eigenvalue weighted by molar-refractivity contribution is 7.00. The molecule has 7 aromatic rings. The van der Waals surface area contributed by atoms with E-state index in [0.717, 1.165) is 30.5 Å². The van der Waals surface area contributed by atoms with Gasteiger partial charge in [0, 0.05) is 33.8 Å². The van der Waals surface area contributed by atoms with Crippen molar-refractivity contribution in [1.82, 2.24) is 0 Å². The number of hydrogen-bond acceptors (Lipinski definition) is 3. The van der Waals surface area contributed by atoms with Crippen LogP contribution in [-0.4, -0.2) is 6.71 Å². The van der Waals surface area contributed by atoms with E-state index >= 15 is 0 Å². The third kappa shape index (κ3) is 6.29. The Labute approximate surface area is 395 Å². The van der Waals surface area contributed by atoms with Crippen LogP contribution in [-0.2, 0) is 27.1 Å². The SMILES string of the molecule is Cc1cc2c3c(c1)N(c1ccc4c(c1)C(C)(C)CCC4(C)C)c1c(oc4cc5c(cc14)C(C)(C)CCC5(C)C)B3c1cc(C(C)(C)C)ccc1N2c1cc(-c2c(C)cccc2C)ccc1C. The summed E-state index contributed by atoms with van der Waals surface area (Å²) in [4.78, 5) is 5.23. The standard InChI is InChI=1S/C62H69BN2O/c1-36-29-51-55-52(30-36)65(50-31-40(20-19-37(50)2)54-38(3)17-16-18-39(54)4)49-24-21-41(58(5,6)7)32-48(49)63(55)57-56(43-34-46-47(35-53(43)66-57)62(14,15)28-27-61(46,12)13)64(51)42-22-23-44-45(33-42)60(10,11)26-25-59(44,8)9/h16-24,29-35H,25-28H2,1-15H3. The first kappa shape index (κ1) is 43.1. The van der Waals surface area contributed by atoms with Crippen LogP contribution in [0.3, 0.4) is 0 Å². The molecule has 66 heavy (non-hydrogen) atoms. The van der Waals surface area contributed by atoms with E-state index in [1.165, 1.54) is 118 Å². The van der Waals surface area contributed by atoms with E-state index in [9.17, 15) is 0 Å². The Morgan fingerprint density at radius 2 is 1.12 bits per heavy atom. The number of furan rings is 1. The van der Waals surface area contributed by atoms with Gasteiger partial charge in [-0.3, -0.25) is 0 Å². The lowest BCUT2D eigenvalue weighted by molar-refractivity contribution is 0.332. The summed E-state index contributed by atoms with van der Waals surface area (Å²) in [5, 5.41) is 1.22. The van der Waals surface area contributed by atoms with Crippen molar-refractivity contribution in [2.75, 3.05) is 9.80 Å². The van der Waals surface area contributed by atoms with Crippen LogP contribution in [0.15, 0.2) is 101 Å². The van der Waals surface area contributed by atoms with Crippen LogP contribution < -0.4 is 26.4 Å². The summed E-state index contributed by atoms with van der Waals surface area (Å²) in [6.45, 7) is 35.5. The minimum atomic E-state index is -0.115. The Balaban J connectivity index is 1.26. The zero-order valence-electron chi connectivity index (χ0n) is 42.4. The van der Waals surface area contributed by atoms with Gasteiger partial charge in [0.25, 0.3) is 6.71 Å². The third-order valence-corrected chi connectivity index (χ3v) is 17.0. The van der Waals surface area contributed by atoms with Gasteiger partial charge in [-0.05, 0) is 201 Å². The van der Waals surface area contributed by atoms with Crippen LogP contribution in [0, 0.1) is 27.7 Å². The van der Waals surface area contributed by atoms with E-state index in [1.54, 1.807) is 0 Å². The van der Waals surface area contributed by atoms with Crippen molar-refractivity contribution in [3.05, 3.63) is 147 Å². The van der Waals surface area contributed by atoms with Gasteiger partial charge in [0.05, 0.1) is 11.3 Å². The number of hydrogen-bond donors (Lipinski definition) is 0. The molecule has 0 spiro atoms. The molecule has 2 aliphatic carbocycles. The molecule has 0 amide bonds. The first-order valence-electron chi connectivity index (χ1n) is 24.8. The fraction of sp³-hybridized carbons (Fsp3) is 0.387. The van der Waals surface area contributed by atoms with Crippen LogP contribution >= 0.6 is 0 Å². The second-order valence-electron chi connectivity index (χ2n) is 24.6. The van der Waals surface area contributed by atoms with Gasteiger partial charge < -0.3 is 14.2 Å². The number of rotatable bonds is 3. The predicted molar refractivity (Wildman–Crippen MR) is 284 cm³/mol. The number of benzene rings is 6. The molecule has 6 aromatic carbocycles. The quantitative estimate of drug-likeness (QED) is 0.165.